The van der Waals surface area contributed by atoms with E-state index in [0.29, 0.717) is 24.7 Å². The molecule has 2 rings (SSSR count). The molecule has 0 aromatic carbocycles. The van der Waals surface area contributed by atoms with E-state index in [1.54, 1.807) is 6.92 Å². The molecule has 0 spiro atoms. The normalized spacial score (nSPS) is 32.3. The Balaban J connectivity index is 0.00000392. The minimum Gasteiger partial charge on any atom is -0.799 e. The van der Waals surface area contributed by atoms with Crippen LogP contribution in [0, 0.1) is 35.5 Å². The zero-order valence-electron chi connectivity index (χ0n) is 17.8. The Morgan fingerprint density at radius 3 is 2.75 bits per heavy atom. The van der Waals surface area contributed by atoms with Gasteiger partial charge in [0.2, 0.25) is 0 Å². The number of aliphatic hydroxyl groups excluding tert-OH is 2. The molecular formula is C22H34NaO4P. The summed E-state index contributed by atoms with van der Waals surface area (Å²) in [6, 6.07) is 0. The standard InChI is InChI=1S/C22H35O4P.Na/c1-4-5-8-16(2)21(23)11-10-19-20-14-17(13-18(20)15-22(19)24)9-6-7-12-27(3,25)26;/h9-11,16,18-24H,6-8,12-15H2,1-3H3,(H,25,26);/q;+1/p-1/b11-10+,17-9-;. The fourth-order valence-corrected chi connectivity index (χ4v) is 5.20. The van der Waals surface area contributed by atoms with Gasteiger partial charge in [0.1, 0.15) is 0 Å². The van der Waals surface area contributed by atoms with E-state index >= 15 is 0 Å². The number of hydrogen-bond donors (Lipinski definition) is 2. The molecular weight excluding hydrogens is 382 g/mol. The molecule has 0 aromatic heterocycles. The van der Waals surface area contributed by atoms with Crippen LogP contribution in [0.4, 0.5) is 0 Å². The molecule has 0 saturated heterocycles. The van der Waals surface area contributed by atoms with Crippen LogP contribution in [-0.2, 0) is 4.57 Å². The molecule has 0 bridgehead atoms. The van der Waals surface area contributed by atoms with Crippen molar-refractivity contribution >= 4 is 7.37 Å². The molecule has 0 aromatic rings. The summed E-state index contributed by atoms with van der Waals surface area (Å²) in [5.74, 6) is 6.96. The Morgan fingerprint density at radius 1 is 1.39 bits per heavy atom. The maximum absolute atomic E-state index is 11.2. The van der Waals surface area contributed by atoms with E-state index in [-0.39, 0.29) is 53.7 Å². The van der Waals surface area contributed by atoms with Crippen LogP contribution >= 0.6 is 7.37 Å². The SMILES string of the molecule is CC#CCC(C)C(O)/C=C/C1C(O)CC2C/C(=C/CCCP(C)(=O)[O-])CC21.[Na+]. The summed E-state index contributed by atoms with van der Waals surface area (Å²) in [5.41, 5.74) is 1.40. The van der Waals surface area contributed by atoms with Crippen molar-refractivity contribution in [2.75, 3.05) is 12.8 Å². The second-order valence-electron chi connectivity index (χ2n) is 8.44. The van der Waals surface area contributed by atoms with Crippen molar-refractivity contribution in [1.29, 1.82) is 0 Å². The third kappa shape index (κ3) is 8.11. The molecule has 152 valence electrons. The molecule has 2 N–H and O–H groups in total. The van der Waals surface area contributed by atoms with Crippen LogP contribution in [0.25, 0.3) is 0 Å². The van der Waals surface area contributed by atoms with E-state index < -0.39 is 13.5 Å². The van der Waals surface area contributed by atoms with Gasteiger partial charge in [-0.2, -0.15) is 0 Å². The van der Waals surface area contributed by atoms with Crippen LogP contribution in [0.5, 0.6) is 0 Å². The van der Waals surface area contributed by atoms with Gasteiger partial charge in [-0.05, 0) is 69.6 Å². The van der Waals surface area contributed by atoms with Gasteiger partial charge >= 0.3 is 29.6 Å². The first-order valence-corrected chi connectivity index (χ1v) is 12.4. The molecule has 2 saturated carbocycles. The van der Waals surface area contributed by atoms with Crippen LogP contribution in [0.2, 0.25) is 0 Å². The van der Waals surface area contributed by atoms with E-state index in [9.17, 15) is 19.7 Å². The number of aliphatic hydroxyl groups is 2. The van der Waals surface area contributed by atoms with Crippen molar-refractivity contribution in [3.05, 3.63) is 23.8 Å². The first-order chi connectivity index (χ1) is 12.7. The fourth-order valence-electron chi connectivity index (χ4n) is 4.44. The van der Waals surface area contributed by atoms with Gasteiger partial charge in [-0.25, -0.2) is 0 Å². The molecule has 0 radical (unpaired) electrons. The maximum atomic E-state index is 11.2. The Bertz CT molecular complexity index is 657. The summed E-state index contributed by atoms with van der Waals surface area (Å²) in [4.78, 5) is 11.2. The molecule has 7 atom stereocenters. The van der Waals surface area contributed by atoms with E-state index in [4.69, 9.17) is 0 Å². The van der Waals surface area contributed by atoms with Gasteiger partial charge in [0, 0.05) is 19.7 Å². The van der Waals surface area contributed by atoms with E-state index in [1.165, 1.54) is 12.2 Å². The number of allylic oxidation sites excluding steroid dienone is 2. The molecule has 0 heterocycles. The van der Waals surface area contributed by atoms with Crippen LogP contribution in [-0.4, -0.2) is 35.2 Å². The summed E-state index contributed by atoms with van der Waals surface area (Å²) in [5, 5.41) is 20.7. The van der Waals surface area contributed by atoms with Gasteiger partial charge in [0.05, 0.1) is 12.2 Å². The average Bonchev–Trinajstić information content (AvgIpc) is 3.10. The molecule has 2 aliphatic carbocycles. The Hall–Kier alpha value is 0.150. The molecule has 28 heavy (non-hydrogen) atoms. The largest absolute Gasteiger partial charge is 1.00 e. The van der Waals surface area contributed by atoms with Gasteiger partial charge in [-0.3, -0.25) is 0 Å². The van der Waals surface area contributed by atoms with Crippen LogP contribution in [0.3, 0.4) is 0 Å². The monoisotopic (exact) mass is 416 g/mol. The fraction of sp³-hybridized carbons (Fsp3) is 0.727. The second-order valence-corrected chi connectivity index (χ2v) is 10.9. The quantitative estimate of drug-likeness (QED) is 0.197. The summed E-state index contributed by atoms with van der Waals surface area (Å²) in [6.07, 6.45) is 10.4. The maximum Gasteiger partial charge on any atom is 1.00 e. The first-order valence-electron chi connectivity index (χ1n) is 10.1. The Kier molecular flexibility index (Phi) is 11.3. The summed E-state index contributed by atoms with van der Waals surface area (Å²) in [6.45, 7) is 5.10. The molecule has 2 aliphatic rings. The number of hydrogen-bond acceptors (Lipinski definition) is 4. The predicted molar refractivity (Wildman–Crippen MR) is 108 cm³/mol. The minimum absolute atomic E-state index is 0. The van der Waals surface area contributed by atoms with Crippen molar-refractivity contribution in [2.45, 2.75) is 64.6 Å². The average molecular weight is 416 g/mol. The zero-order chi connectivity index (χ0) is 20.0. The molecule has 4 nitrogen and oxygen atoms in total. The Labute approximate surface area is 192 Å². The summed E-state index contributed by atoms with van der Waals surface area (Å²) < 4.78 is 11.2. The summed E-state index contributed by atoms with van der Waals surface area (Å²) in [7, 11) is -3.15. The molecule has 0 amide bonds. The first kappa shape index (κ1) is 26.2. The van der Waals surface area contributed by atoms with Gasteiger partial charge in [0.15, 0.2) is 0 Å². The molecule has 6 heteroatoms. The van der Waals surface area contributed by atoms with Crippen LogP contribution in [0.1, 0.15) is 52.4 Å². The van der Waals surface area contributed by atoms with Gasteiger partial charge < -0.3 is 19.7 Å². The van der Waals surface area contributed by atoms with E-state index in [0.717, 1.165) is 25.7 Å². The molecule has 2 fully saturated rings. The van der Waals surface area contributed by atoms with Crippen molar-refractivity contribution < 1.29 is 49.2 Å². The van der Waals surface area contributed by atoms with Gasteiger partial charge in [-0.15, -0.1) is 11.8 Å². The van der Waals surface area contributed by atoms with Crippen molar-refractivity contribution in [2.24, 2.45) is 23.7 Å². The van der Waals surface area contributed by atoms with Gasteiger partial charge in [-0.1, -0.05) is 30.7 Å². The molecule has 7 unspecified atom stereocenters. The third-order valence-corrected chi connectivity index (χ3v) is 7.16. The predicted octanol–water partition coefficient (Wildman–Crippen LogP) is 0.339. The van der Waals surface area contributed by atoms with E-state index in [1.807, 2.05) is 19.1 Å². The number of fused-ring (bicyclic) bond motifs is 1. The summed E-state index contributed by atoms with van der Waals surface area (Å²) >= 11 is 0. The van der Waals surface area contributed by atoms with Crippen LogP contribution in [0.15, 0.2) is 23.8 Å². The minimum atomic E-state index is -3.15. The van der Waals surface area contributed by atoms with Crippen molar-refractivity contribution in [1.82, 2.24) is 0 Å². The zero-order valence-corrected chi connectivity index (χ0v) is 20.7. The van der Waals surface area contributed by atoms with Gasteiger partial charge in [0.25, 0.3) is 0 Å². The van der Waals surface area contributed by atoms with Crippen molar-refractivity contribution in [3.63, 3.8) is 0 Å². The van der Waals surface area contributed by atoms with Crippen molar-refractivity contribution in [3.8, 4) is 11.8 Å². The molecule has 0 aliphatic heterocycles. The van der Waals surface area contributed by atoms with Crippen LogP contribution < -0.4 is 34.5 Å². The third-order valence-electron chi connectivity index (χ3n) is 6.03. The topological polar surface area (TPSA) is 80.6 Å². The number of rotatable bonds is 8. The van der Waals surface area contributed by atoms with E-state index in [2.05, 4.69) is 17.9 Å². The Morgan fingerprint density at radius 2 is 2.11 bits per heavy atom. The smallest absolute Gasteiger partial charge is 0.799 e. The number of unbranched alkanes of at least 4 members (excludes halogenated alkanes) is 1. The second kappa shape index (κ2) is 12.1.